The molecule has 3 aliphatic rings. The Bertz CT molecular complexity index is 828. The zero-order valence-electron chi connectivity index (χ0n) is 17.7. The summed E-state index contributed by atoms with van der Waals surface area (Å²) in [5.74, 6) is 0.0444. The Morgan fingerprint density at radius 1 is 1.13 bits per heavy atom. The van der Waals surface area contributed by atoms with Crippen molar-refractivity contribution >= 4 is 29.5 Å². The van der Waals surface area contributed by atoms with Crippen LogP contribution in [0.5, 0.6) is 0 Å². The molecule has 4 rings (SSSR count). The maximum Gasteiger partial charge on any atom is 0.255 e. The van der Waals surface area contributed by atoms with E-state index >= 15 is 0 Å². The van der Waals surface area contributed by atoms with Crippen LogP contribution in [0.2, 0.25) is 0 Å². The zero-order chi connectivity index (χ0) is 21.6. The van der Waals surface area contributed by atoms with E-state index in [-0.39, 0.29) is 24.1 Å². The molecule has 1 unspecified atom stereocenters. The highest BCUT2D eigenvalue weighted by Gasteiger charge is 2.39. The van der Waals surface area contributed by atoms with Crippen LogP contribution < -0.4 is 10.6 Å². The maximum absolute atomic E-state index is 12.9. The van der Waals surface area contributed by atoms with Crippen molar-refractivity contribution in [3.05, 3.63) is 29.3 Å². The predicted molar refractivity (Wildman–Crippen MR) is 118 cm³/mol. The molecule has 0 aromatic heterocycles. The fraction of sp³-hybridized carbons (Fsp3) is 0.591. The van der Waals surface area contributed by atoms with Crippen molar-refractivity contribution < 1.29 is 19.1 Å². The summed E-state index contributed by atoms with van der Waals surface area (Å²) in [5, 5.41) is 5.71. The number of imide groups is 1. The number of hydrogen-bond donors (Lipinski definition) is 2. The Balaban J connectivity index is 1.23. The van der Waals surface area contributed by atoms with E-state index in [4.69, 9.17) is 4.74 Å². The van der Waals surface area contributed by atoms with E-state index in [1.165, 1.54) is 0 Å². The standard InChI is InChI=1S/C22H30N4O4S/c27-20-6-5-18(21(28)24-20)26-15-17-16(22(26)29)3-1-4-19(17)31-14-13-30-12-2-9-25-10-7-23-8-11-25/h1,3-4,18,23H,2,5-15H2,(H,24,27,28). The lowest BCUT2D eigenvalue weighted by Gasteiger charge is -2.29. The number of piperidine rings is 1. The number of thioether (sulfide) groups is 1. The quantitative estimate of drug-likeness (QED) is 0.330. The van der Waals surface area contributed by atoms with Gasteiger partial charge in [0.05, 0.1) is 6.61 Å². The fourth-order valence-corrected chi connectivity index (χ4v) is 5.27. The summed E-state index contributed by atoms with van der Waals surface area (Å²) in [6.07, 6.45) is 1.69. The molecule has 2 saturated heterocycles. The smallest absolute Gasteiger partial charge is 0.255 e. The summed E-state index contributed by atoms with van der Waals surface area (Å²) < 4.78 is 5.80. The first-order valence-corrected chi connectivity index (χ1v) is 12.0. The van der Waals surface area contributed by atoms with Gasteiger partial charge in [0.2, 0.25) is 11.8 Å². The van der Waals surface area contributed by atoms with Crippen molar-refractivity contribution in [3.8, 4) is 0 Å². The topological polar surface area (TPSA) is 91.0 Å². The number of carbonyl (C=O) groups is 3. The number of amides is 3. The van der Waals surface area contributed by atoms with E-state index in [2.05, 4.69) is 15.5 Å². The van der Waals surface area contributed by atoms with Gasteiger partial charge in [-0.1, -0.05) is 6.07 Å². The number of nitrogens with zero attached hydrogens (tertiary/aromatic N) is 2. The zero-order valence-corrected chi connectivity index (χ0v) is 18.5. The molecule has 1 aromatic rings. The van der Waals surface area contributed by atoms with Crippen LogP contribution in [-0.2, 0) is 20.9 Å². The van der Waals surface area contributed by atoms with Gasteiger partial charge in [0.25, 0.3) is 5.91 Å². The third-order valence-electron chi connectivity index (χ3n) is 6.00. The summed E-state index contributed by atoms with van der Waals surface area (Å²) in [6, 6.07) is 5.16. The molecule has 0 bridgehead atoms. The van der Waals surface area contributed by atoms with E-state index < -0.39 is 6.04 Å². The van der Waals surface area contributed by atoms with Crippen LogP contribution in [0.3, 0.4) is 0 Å². The first kappa shape index (κ1) is 22.3. The molecule has 168 valence electrons. The molecule has 3 aliphatic heterocycles. The molecular formula is C22H30N4O4S. The second kappa shape index (κ2) is 10.6. The monoisotopic (exact) mass is 446 g/mol. The van der Waals surface area contributed by atoms with Crippen LogP contribution >= 0.6 is 11.8 Å². The van der Waals surface area contributed by atoms with Crippen LogP contribution in [0.1, 0.15) is 35.2 Å². The normalized spacial score (nSPS) is 22.0. The van der Waals surface area contributed by atoms with Gasteiger partial charge in [0, 0.05) is 68.5 Å². The van der Waals surface area contributed by atoms with Crippen molar-refractivity contribution in [3.63, 3.8) is 0 Å². The van der Waals surface area contributed by atoms with Crippen LogP contribution in [0.15, 0.2) is 23.1 Å². The average molecular weight is 447 g/mol. The molecule has 8 nitrogen and oxygen atoms in total. The number of benzene rings is 1. The van der Waals surface area contributed by atoms with Gasteiger partial charge in [-0.25, -0.2) is 0 Å². The summed E-state index contributed by atoms with van der Waals surface area (Å²) in [7, 11) is 0. The Kier molecular flexibility index (Phi) is 7.60. The van der Waals surface area contributed by atoms with Crippen LogP contribution in [-0.4, -0.2) is 85.3 Å². The number of nitrogens with one attached hydrogen (secondary N) is 2. The molecule has 1 aromatic carbocycles. The minimum absolute atomic E-state index is 0.129. The highest BCUT2D eigenvalue weighted by atomic mass is 32.2. The first-order chi connectivity index (χ1) is 15.1. The fourth-order valence-electron chi connectivity index (χ4n) is 4.33. The number of carbonyl (C=O) groups excluding carboxylic acids is 3. The molecule has 9 heteroatoms. The SMILES string of the molecule is O=C1CCC(N2Cc3c(SCCOCCCN4CCNCC4)cccc3C2=O)C(=O)N1. The molecule has 0 aliphatic carbocycles. The number of fused-ring (bicyclic) bond motifs is 1. The third kappa shape index (κ3) is 5.46. The second-order valence-electron chi connectivity index (χ2n) is 8.09. The van der Waals surface area contributed by atoms with Gasteiger partial charge in [-0.2, -0.15) is 0 Å². The Morgan fingerprint density at radius 3 is 2.77 bits per heavy atom. The van der Waals surface area contributed by atoms with Gasteiger partial charge in [-0.15, -0.1) is 11.8 Å². The summed E-state index contributed by atoms with van der Waals surface area (Å²) in [4.78, 5) is 41.6. The minimum Gasteiger partial charge on any atom is -0.381 e. The average Bonchev–Trinajstić information content (AvgIpc) is 3.11. The molecule has 31 heavy (non-hydrogen) atoms. The Labute approximate surface area is 187 Å². The number of ether oxygens (including phenoxy) is 1. The van der Waals surface area contributed by atoms with Gasteiger partial charge in [0.1, 0.15) is 6.04 Å². The molecule has 3 amide bonds. The minimum atomic E-state index is -0.575. The van der Waals surface area contributed by atoms with Gasteiger partial charge >= 0.3 is 0 Å². The summed E-state index contributed by atoms with van der Waals surface area (Å²) >= 11 is 1.69. The highest BCUT2D eigenvalue weighted by molar-refractivity contribution is 7.99. The van der Waals surface area contributed by atoms with Gasteiger partial charge < -0.3 is 19.9 Å². The van der Waals surface area contributed by atoms with Crippen molar-refractivity contribution in [2.24, 2.45) is 0 Å². The van der Waals surface area contributed by atoms with Crippen LogP contribution in [0.4, 0.5) is 0 Å². The molecule has 0 spiro atoms. The molecule has 0 saturated carbocycles. The number of rotatable bonds is 9. The van der Waals surface area contributed by atoms with Crippen molar-refractivity contribution in [2.45, 2.75) is 36.7 Å². The Hall–Kier alpha value is -1.94. The van der Waals surface area contributed by atoms with E-state index in [1.54, 1.807) is 16.7 Å². The van der Waals surface area contributed by atoms with Gasteiger partial charge in [-0.05, 0) is 30.5 Å². The number of piperazine rings is 1. The summed E-state index contributed by atoms with van der Waals surface area (Å²) in [6.45, 7) is 7.30. The highest BCUT2D eigenvalue weighted by Crippen LogP contribution is 2.34. The van der Waals surface area contributed by atoms with Crippen molar-refractivity contribution in [1.29, 1.82) is 0 Å². The lowest BCUT2D eigenvalue weighted by Crippen LogP contribution is -2.52. The number of hydrogen-bond acceptors (Lipinski definition) is 7. The lowest BCUT2D eigenvalue weighted by atomic mass is 10.0. The van der Waals surface area contributed by atoms with E-state index in [0.29, 0.717) is 25.1 Å². The lowest BCUT2D eigenvalue weighted by molar-refractivity contribution is -0.136. The van der Waals surface area contributed by atoms with Crippen LogP contribution in [0, 0.1) is 0 Å². The van der Waals surface area contributed by atoms with E-state index in [0.717, 1.165) is 62.0 Å². The molecule has 0 radical (unpaired) electrons. The maximum atomic E-state index is 12.9. The molecule has 2 fully saturated rings. The predicted octanol–water partition coefficient (Wildman–Crippen LogP) is 0.852. The molecule has 1 atom stereocenters. The molecular weight excluding hydrogens is 416 g/mol. The van der Waals surface area contributed by atoms with Crippen LogP contribution in [0.25, 0.3) is 0 Å². The van der Waals surface area contributed by atoms with Gasteiger partial charge in [0.15, 0.2) is 0 Å². The van der Waals surface area contributed by atoms with E-state index in [9.17, 15) is 14.4 Å². The summed E-state index contributed by atoms with van der Waals surface area (Å²) in [5.41, 5.74) is 1.63. The first-order valence-electron chi connectivity index (χ1n) is 11.0. The second-order valence-corrected chi connectivity index (χ2v) is 9.22. The van der Waals surface area contributed by atoms with E-state index in [1.807, 2.05) is 18.2 Å². The Morgan fingerprint density at radius 2 is 1.97 bits per heavy atom. The molecule has 2 N–H and O–H groups in total. The van der Waals surface area contributed by atoms with Crippen molar-refractivity contribution in [2.75, 3.05) is 51.7 Å². The molecule has 3 heterocycles. The largest absolute Gasteiger partial charge is 0.381 e. The van der Waals surface area contributed by atoms with Gasteiger partial charge in [-0.3, -0.25) is 19.7 Å². The third-order valence-corrected chi connectivity index (χ3v) is 7.06. The van der Waals surface area contributed by atoms with Crippen molar-refractivity contribution in [1.82, 2.24) is 20.4 Å².